The fourth-order valence-electron chi connectivity index (χ4n) is 5.29. The van der Waals surface area contributed by atoms with Gasteiger partial charge in [-0.05, 0) is 54.9 Å². The predicted molar refractivity (Wildman–Crippen MR) is 133 cm³/mol. The number of nitrogens with zero attached hydrogens (tertiary/aromatic N) is 1. The number of alkyl carbamates (subject to hydrolysis) is 1. The number of hydrogen-bond donors (Lipinski definition) is 2. The average molecular weight is 479 g/mol. The maximum atomic E-state index is 12.7. The topological polar surface area (TPSA) is 95.9 Å². The zero-order valence-electron chi connectivity index (χ0n) is 20.6. The average Bonchev–Trinajstić information content (AvgIpc) is 3.14. The van der Waals surface area contributed by atoms with Crippen molar-refractivity contribution in [2.24, 2.45) is 11.8 Å². The van der Waals surface area contributed by atoms with Crippen LogP contribution in [0.1, 0.15) is 57.1 Å². The Hall–Kier alpha value is -3.35. The van der Waals surface area contributed by atoms with E-state index < -0.39 is 23.5 Å². The van der Waals surface area contributed by atoms with Crippen molar-refractivity contribution in [3.63, 3.8) is 0 Å². The number of carboxylic acids is 1. The largest absolute Gasteiger partial charge is 0.481 e. The Morgan fingerprint density at radius 2 is 1.66 bits per heavy atom. The van der Waals surface area contributed by atoms with Gasteiger partial charge in [0.2, 0.25) is 5.91 Å². The van der Waals surface area contributed by atoms with Crippen LogP contribution < -0.4 is 5.32 Å². The van der Waals surface area contributed by atoms with Gasteiger partial charge in [-0.1, -0.05) is 55.5 Å². The maximum absolute atomic E-state index is 12.7. The van der Waals surface area contributed by atoms with E-state index in [4.69, 9.17) is 4.74 Å². The molecular formula is C28H34N2O5. The first-order chi connectivity index (χ1) is 16.7. The molecule has 1 aliphatic heterocycles. The lowest BCUT2D eigenvalue weighted by Crippen LogP contribution is -2.47. The van der Waals surface area contributed by atoms with Crippen LogP contribution in [0.3, 0.4) is 0 Å². The number of hydrogen-bond acceptors (Lipinski definition) is 4. The van der Waals surface area contributed by atoms with Crippen LogP contribution in [0, 0.1) is 11.8 Å². The van der Waals surface area contributed by atoms with Crippen molar-refractivity contribution in [1.29, 1.82) is 0 Å². The number of benzene rings is 2. The van der Waals surface area contributed by atoms with E-state index in [2.05, 4.69) is 29.6 Å². The third-order valence-electron chi connectivity index (χ3n) is 7.32. The highest BCUT2D eigenvalue weighted by Crippen LogP contribution is 2.44. The Bertz CT molecular complexity index is 1070. The van der Waals surface area contributed by atoms with Gasteiger partial charge in [-0.25, -0.2) is 4.79 Å². The molecule has 2 amide bonds. The summed E-state index contributed by atoms with van der Waals surface area (Å²) in [5.41, 5.74) is 4.05. The Morgan fingerprint density at radius 1 is 1.06 bits per heavy atom. The Labute approximate surface area is 206 Å². The zero-order valence-corrected chi connectivity index (χ0v) is 20.6. The normalized spacial score (nSPS) is 19.6. The molecule has 0 spiro atoms. The molecular weight excluding hydrogens is 444 g/mol. The quantitative estimate of drug-likeness (QED) is 0.604. The molecule has 0 radical (unpaired) electrons. The van der Waals surface area contributed by atoms with Gasteiger partial charge in [-0.2, -0.15) is 0 Å². The summed E-state index contributed by atoms with van der Waals surface area (Å²) in [5, 5.41) is 12.2. The molecule has 4 rings (SSSR count). The smallest absolute Gasteiger partial charge is 0.407 e. The van der Waals surface area contributed by atoms with Crippen LogP contribution in [-0.2, 0) is 14.3 Å². The lowest BCUT2D eigenvalue weighted by atomic mass is 9.86. The first kappa shape index (κ1) is 24.8. The second kappa shape index (κ2) is 10.1. The standard InChI is InChI=1S/C28H34N2O5/c1-18-16-30(15-13-19(18)26(32)33)25(31)12-14-28(2,3)29-27(34)35-17-24-22-10-6-4-8-20(22)21-9-5-7-11-23(21)24/h4-11,18-19,24H,12-17H2,1-3H3,(H,29,34)(H,32,33). The van der Waals surface area contributed by atoms with E-state index in [1.807, 2.05) is 45.0 Å². The third kappa shape index (κ3) is 5.50. The highest BCUT2D eigenvalue weighted by Gasteiger charge is 2.34. The molecule has 7 nitrogen and oxygen atoms in total. The lowest BCUT2D eigenvalue weighted by molar-refractivity contribution is -0.148. The van der Waals surface area contributed by atoms with E-state index in [0.717, 1.165) is 11.1 Å². The number of nitrogens with one attached hydrogen (secondary N) is 1. The number of rotatable bonds is 7. The Morgan fingerprint density at radius 3 is 2.23 bits per heavy atom. The molecule has 0 aromatic heterocycles. The molecule has 2 aromatic rings. The number of amides is 2. The van der Waals surface area contributed by atoms with Crippen molar-refractivity contribution >= 4 is 18.0 Å². The minimum Gasteiger partial charge on any atom is -0.481 e. The van der Waals surface area contributed by atoms with Crippen molar-refractivity contribution in [3.05, 3.63) is 59.7 Å². The SMILES string of the molecule is CC1CN(C(=O)CCC(C)(C)NC(=O)OCC2c3ccccc3-c3ccccc32)CCC1C(=O)O. The van der Waals surface area contributed by atoms with Crippen LogP contribution in [0.4, 0.5) is 4.79 Å². The first-order valence-corrected chi connectivity index (χ1v) is 12.3. The molecule has 2 atom stereocenters. The maximum Gasteiger partial charge on any atom is 0.407 e. The summed E-state index contributed by atoms with van der Waals surface area (Å²) in [7, 11) is 0. The summed E-state index contributed by atoms with van der Waals surface area (Å²) >= 11 is 0. The van der Waals surface area contributed by atoms with Gasteiger partial charge in [0.05, 0.1) is 5.92 Å². The van der Waals surface area contributed by atoms with E-state index in [0.29, 0.717) is 25.9 Å². The van der Waals surface area contributed by atoms with Gasteiger partial charge in [0.15, 0.2) is 0 Å². The van der Waals surface area contributed by atoms with Crippen LogP contribution in [0.5, 0.6) is 0 Å². The van der Waals surface area contributed by atoms with Crippen molar-refractivity contribution in [2.45, 2.75) is 51.5 Å². The molecule has 7 heteroatoms. The lowest BCUT2D eigenvalue weighted by Gasteiger charge is -2.35. The predicted octanol–water partition coefficient (Wildman–Crippen LogP) is 4.65. The van der Waals surface area contributed by atoms with Crippen molar-refractivity contribution in [1.82, 2.24) is 10.2 Å². The molecule has 2 unspecified atom stereocenters. The van der Waals surface area contributed by atoms with Crippen LogP contribution in [0.2, 0.25) is 0 Å². The second-order valence-corrected chi connectivity index (χ2v) is 10.4. The highest BCUT2D eigenvalue weighted by molar-refractivity contribution is 5.79. The van der Waals surface area contributed by atoms with E-state index in [1.54, 1.807) is 4.90 Å². The number of likely N-dealkylation sites (tertiary alicyclic amines) is 1. The molecule has 1 saturated heterocycles. The molecule has 186 valence electrons. The van der Waals surface area contributed by atoms with Crippen LogP contribution in [0.25, 0.3) is 11.1 Å². The number of carboxylic acid groups (broad SMARTS) is 1. The summed E-state index contributed by atoms with van der Waals surface area (Å²) in [4.78, 5) is 38.4. The van der Waals surface area contributed by atoms with Gasteiger partial charge in [0.25, 0.3) is 0 Å². The molecule has 35 heavy (non-hydrogen) atoms. The number of carbonyl (C=O) groups excluding carboxylic acids is 2. The zero-order chi connectivity index (χ0) is 25.2. The molecule has 0 saturated carbocycles. The monoisotopic (exact) mass is 478 g/mol. The number of fused-ring (bicyclic) bond motifs is 3. The number of ether oxygens (including phenoxy) is 1. The molecule has 1 aliphatic carbocycles. The Kier molecular flexibility index (Phi) is 7.15. The van der Waals surface area contributed by atoms with Crippen molar-refractivity contribution < 1.29 is 24.2 Å². The van der Waals surface area contributed by atoms with Gasteiger partial charge < -0.3 is 20.1 Å². The van der Waals surface area contributed by atoms with E-state index in [1.165, 1.54) is 11.1 Å². The van der Waals surface area contributed by atoms with E-state index in [9.17, 15) is 19.5 Å². The first-order valence-electron chi connectivity index (χ1n) is 12.3. The summed E-state index contributed by atoms with van der Waals surface area (Å²) in [5.74, 6) is -1.28. The van der Waals surface area contributed by atoms with Crippen LogP contribution >= 0.6 is 0 Å². The van der Waals surface area contributed by atoms with Gasteiger partial charge in [0.1, 0.15) is 6.61 Å². The van der Waals surface area contributed by atoms with Gasteiger partial charge in [-0.3, -0.25) is 9.59 Å². The summed E-state index contributed by atoms with van der Waals surface area (Å²) in [6.45, 7) is 6.78. The van der Waals surface area contributed by atoms with E-state index in [-0.39, 0.29) is 30.8 Å². The number of aliphatic carboxylic acids is 1. The van der Waals surface area contributed by atoms with Gasteiger partial charge in [0, 0.05) is 31.0 Å². The van der Waals surface area contributed by atoms with Gasteiger partial charge >= 0.3 is 12.1 Å². The molecule has 2 aliphatic rings. The molecule has 2 N–H and O–H groups in total. The molecule has 1 fully saturated rings. The fourth-order valence-corrected chi connectivity index (χ4v) is 5.29. The fraction of sp³-hybridized carbons (Fsp3) is 0.464. The van der Waals surface area contributed by atoms with Crippen LogP contribution in [-0.4, -0.2) is 53.2 Å². The van der Waals surface area contributed by atoms with Crippen LogP contribution in [0.15, 0.2) is 48.5 Å². The minimum atomic E-state index is -0.793. The molecule has 0 bridgehead atoms. The second-order valence-electron chi connectivity index (χ2n) is 10.4. The van der Waals surface area contributed by atoms with Crippen molar-refractivity contribution in [3.8, 4) is 11.1 Å². The van der Waals surface area contributed by atoms with Crippen molar-refractivity contribution in [2.75, 3.05) is 19.7 Å². The highest BCUT2D eigenvalue weighted by atomic mass is 16.5. The Balaban J connectivity index is 1.28. The summed E-state index contributed by atoms with van der Waals surface area (Å²) in [6.07, 6.45) is 0.716. The summed E-state index contributed by atoms with van der Waals surface area (Å²) < 4.78 is 5.65. The molecule has 1 heterocycles. The molecule has 2 aromatic carbocycles. The third-order valence-corrected chi connectivity index (χ3v) is 7.32. The minimum absolute atomic E-state index is 0.00596. The van der Waals surface area contributed by atoms with E-state index >= 15 is 0 Å². The number of carbonyl (C=O) groups is 3. The van der Waals surface area contributed by atoms with Gasteiger partial charge in [-0.15, -0.1) is 0 Å². The number of piperidine rings is 1. The summed E-state index contributed by atoms with van der Waals surface area (Å²) in [6, 6.07) is 16.4.